The van der Waals surface area contributed by atoms with Crippen molar-refractivity contribution >= 4 is 17.4 Å². The molecule has 1 N–H and O–H groups in total. The molecule has 2 aromatic rings. The normalized spacial score (nSPS) is 17.3. The Bertz CT molecular complexity index is 1150. The Kier molecular flexibility index (Phi) is 5.56. The number of carbonyl (C=O) groups is 2. The Morgan fingerprint density at radius 1 is 1.00 bits per heavy atom. The fraction of sp³-hybridized carbons (Fsp3) is 0.458. The van der Waals surface area contributed by atoms with E-state index < -0.39 is 17.4 Å². The Balaban J connectivity index is 1.85. The second kappa shape index (κ2) is 8.07. The van der Waals surface area contributed by atoms with Gasteiger partial charge in [0.25, 0.3) is 17.4 Å². The Hall–Kier alpha value is -3.16. The predicted molar refractivity (Wildman–Crippen MR) is 119 cm³/mol. The summed E-state index contributed by atoms with van der Waals surface area (Å²) >= 11 is 0. The van der Waals surface area contributed by atoms with E-state index in [0.717, 1.165) is 12.8 Å². The summed E-state index contributed by atoms with van der Waals surface area (Å²) in [7, 11) is 0. The molecule has 32 heavy (non-hydrogen) atoms. The molecular weight excluding hydrogens is 411 g/mol. The lowest BCUT2D eigenvalue weighted by Gasteiger charge is -2.20. The molecule has 1 saturated heterocycles. The first-order chi connectivity index (χ1) is 15.1. The van der Waals surface area contributed by atoms with Crippen LogP contribution in [-0.2, 0) is 28.1 Å². The van der Waals surface area contributed by atoms with Crippen molar-refractivity contribution < 1.29 is 14.0 Å². The largest absolute Gasteiger partial charge is 0.366 e. The fourth-order valence-corrected chi connectivity index (χ4v) is 4.41. The third-order valence-corrected chi connectivity index (χ3v) is 6.06. The summed E-state index contributed by atoms with van der Waals surface area (Å²) in [4.78, 5) is 43.7. The second-order valence-electron chi connectivity index (χ2n) is 9.37. The number of likely N-dealkylation sites (tertiary alicyclic amines) is 1. The molecule has 0 saturated carbocycles. The quantitative estimate of drug-likeness (QED) is 0.725. The minimum atomic E-state index is -0.507. The number of nitrogens with zero attached hydrogens (tertiary/aromatic N) is 3. The molecule has 4 rings (SSSR count). The molecule has 7 nitrogen and oxygen atoms in total. The molecule has 0 spiro atoms. The average molecular weight is 441 g/mol. The van der Waals surface area contributed by atoms with Gasteiger partial charge in [0.05, 0.1) is 23.2 Å². The monoisotopic (exact) mass is 440 g/mol. The van der Waals surface area contributed by atoms with Crippen LogP contribution in [0.15, 0.2) is 34.8 Å². The van der Waals surface area contributed by atoms with Gasteiger partial charge in [-0.1, -0.05) is 19.1 Å². The van der Waals surface area contributed by atoms with E-state index in [-0.39, 0.29) is 29.1 Å². The summed E-state index contributed by atoms with van der Waals surface area (Å²) in [5.41, 5.74) is 1.25. The highest BCUT2D eigenvalue weighted by atomic mass is 19.1. The number of halogens is 1. The number of aromatic amines is 1. The van der Waals surface area contributed by atoms with Gasteiger partial charge >= 0.3 is 0 Å². The van der Waals surface area contributed by atoms with Crippen LogP contribution in [-0.4, -0.2) is 44.5 Å². The topological polar surface area (TPSA) is 78.4 Å². The highest BCUT2D eigenvalue weighted by molar-refractivity contribution is 6.35. The summed E-state index contributed by atoms with van der Waals surface area (Å²) < 4.78 is 14.9. The molecule has 0 aliphatic carbocycles. The maximum atomic E-state index is 13.6. The van der Waals surface area contributed by atoms with E-state index in [2.05, 4.69) is 5.10 Å². The smallest absolute Gasteiger partial charge is 0.278 e. The van der Waals surface area contributed by atoms with Crippen molar-refractivity contribution in [1.82, 2.24) is 19.6 Å². The van der Waals surface area contributed by atoms with Crippen LogP contribution in [0, 0.1) is 5.82 Å². The fourth-order valence-electron chi connectivity index (χ4n) is 4.41. The SMILES string of the molecule is CCc1[nH]n(C(C)(C)C)c(=O)c1C1=C(N2CCCC2)C(=O)N(Cc2ccc(F)cc2)C1=O. The third kappa shape index (κ3) is 3.67. The maximum absolute atomic E-state index is 13.6. The van der Waals surface area contributed by atoms with Crippen LogP contribution in [0.25, 0.3) is 5.57 Å². The highest BCUT2D eigenvalue weighted by Gasteiger charge is 2.44. The van der Waals surface area contributed by atoms with E-state index in [0.29, 0.717) is 36.5 Å². The van der Waals surface area contributed by atoms with E-state index in [4.69, 9.17) is 0 Å². The summed E-state index contributed by atoms with van der Waals surface area (Å²) in [5, 5.41) is 3.16. The summed E-state index contributed by atoms with van der Waals surface area (Å²) in [6, 6.07) is 5.73. The number of carbonyl (C=O) groups excluding carboxylic acids is 2. The minimum Gasteiger partial charge on any atom is -0.366 e. The molecule has 0 atom stereocenters. The molecule has 0 bridgehead atoms. The van der Waals surface area contributed by atoms with Crippen molar-refractivity contribution in [3.05, 3.63) is 63.0 Å². The van der Waals surface area contributed by atoms with Gasteiger partial charge in [-0.3, -0.25) is 24.4 Å². The van der Waals surface area contributed by atoms with Crippen LogP contribution >= 0.6 is 0 Å². The maximum Gasteiger partial charge on any atom is 0.278 e. The molecule has 1 aromatic carbocycles. The molecule has 2 aliphatic rings. The molecule has 8 heteroatoms. The van der Waals surface area contributed by atoms with Gasteiger partial charge in [-0.15, -0.1) is 0 Å². The van der Waals surface area contributed by atoms with E-state index in [1.807, 2.05) is 32.6 Å². The van der Waals surface area contributed by atoms with Crippen molar-refractivity contribution in [1.29, 1.82) is 0 Å². The Labute approximate surface area is 186 Å². The molecule has 0 radical (unpaired) electrons. The van der Waals surface area contributed by atoms with E-state index >= 15 is 0 Å². The number of amides is 2. The van der Waals surface area contributed by atoms with Gasteiger partial charge in [-0.2, -0.15) is 0 Å². The van der Waals surface area contributed by atoms with Crippen LogP contribution in [0.3, 0.4) is 0 Å². The number of hydrogen-bond donors (Lipinski definition) is 1. The molecular formula is C24H29FN4O3. The van der Waals surface area contributed by atoms with Crippen LogP contribution < -0.4 is 5.56 Å². The summed E-state index contributed by atoms with van der Waals surface area (Å²) in [5.74, 6) is -1.26. The first kappa shape index (κ1) is 22.0. The first-order valence-electron chi connectivity index (χ1n) is 11.1. The summed E-state index contributed by atoms with van der Waals surface area (Å²) in [6.07, 6.45) is 2.37. The lowest BCUT2D eigenvalue weighted by atomic mass is 10.0. The van der Waals surface area contributed by atoms with Gasteiger partial charge in [0, 0.05) is 18.8 Å². The number of imide groups is 1. The standard InChI is InChI=1S/C24H29FN4O3/c1-5-17-18(22(31)29(26-17)24(2,3)4)19-20(27-12-6-7-13-27)23(32)28(21(19)30)14-15-8-10-16(25)11-9-15/h8-11,26H,5-7,12-14H2,1-4H3. The Morgan fingerprint density at radius 2 is 1.62 bits per heavy atom. The lowest BCUT2D eigenvalue weighted by molar-refractivity contribution is -0.138. The van der Waals surface area contributed by atoms with Crippen molar-refractivity contribution in [2.45, 2.75) is 59.0 Å². The van der Waals surface area contributed by atoms with E-state index in [1.165, 1.54) is 21.7 Å². The number of hydrogen-bond acceptors (Lipinski definition) is 4. The number of rotatable bonds is 5. The van der Waals surface area contributed by atoms with Crippen molar-refractivity contribution in [2.24, 2.45) is 0 Å². The zero-order chi connectivity index (χ0) is 23.2. The molecule has 1 aromatic heterocycles. The molecule has 3 heterocycles. The second-order valence-corrected chi connectivity index (χ2v) is 9.37. The highest BCUT2D eigenvalue weighted by Crippen LogP contribution is 2.34. The molecule has 2 aliphatic heterocycles. The first-order valence-corrected chi connectivity index (χ1v) is 11.1. The molecule has 1 fully saturated rings. The average Bonchev–Trinajstić information content (AvgIpc) is 3.42. The van der Waals surface area contributed by atoms with Crippen molar-refractivity contribution in [3.63, 3.8) is 0 Å². The number of benzene rings is 1. The van der Waals surface area contributed by atoms with Crippen molar-refractivity contribution in [3.8, 4) is 0 Å². The van der Waals surface area contributed by atoms with Gasteiger partial charge in [0.1, 0.15) is 11.5 Å². The van der Waals surface area contributed by atoms with Gasteiger partial charge < -0.3 is 4.90 Å². The predicted octanol–water partition coefficient (Wildman–Crippen LogP) is 3.01. The number of aromatic nitrogens is 2. The Morgan fingerprint density at radius 3 is 2.19 bits per heavy atom. The zero-order valence-electron chi connectivity index (χ0n) is 19.0. The summed E-state index contributed by atoms with van der Waals surface area (Å²) in [6.45, 7) is 9.00. The number of nitrogens with one attached hydrogen (secondary N) is 1. The van der Waals surface area contributed by atoms with Gasteiger partial charge in [0.2, 0.25) is 0 Å². The van der Waals surface area contributed by atoms with E-state index in [1.54, 1.807) is 12.1 Å². The number of H-pyrrole nitrogens is 1. The minimum absolute atomic E-state index is 0.0259. The number of aryl methyl sites for hydroxylation is 1. The van der Waals surface area contributed by atoms with Crippen LogP contribution in [0.4, 0.5) is 4.39 Å². The van der Waals surface area contributed by atoms with Crippen LogP contribution in [0.2, 0.25) is 0 Å². The van der Waals surface area contributed by atoms with Gasteiger partial charge in [-0.05, 0) is 57.7 Å². The molecule has 2 amide bonds. The third-order valence-electron chi connectivity index (χ3n) is 6.06. The lowest BCUT2D eigenvalue weighted by Crippen LogP contribution is -2.34. The molecule has 170 valence electrons. The van der Waals surface area contributed by atoms with Crippen LogP contribution in [0.1, 0.15) is 57.4 Å². The van der Waals surface area contributed by atoms with E-state index in [9.17, 15) is 18.8 Å². The molecule has 0 unspecified atom stereocenters. The van der Waals surface area contributed by atoms with Crippen LogP contribution in [0.5, 0.6) is 0 Å². The zero-order valence-corrected chi connectivity index (χ0v) is 19.0. The van der Waals surface area contributed by atoms with Gasteiger partial charge in [0.15, 0.2) is 0 Å². The van der Waals surface area contributed by atoms with Gasteiger partial charge in [-0.25, -0.2) is 9.07 Å². The van der Waals surface area contributed by atoms with Crippen molar-refractivity contribution in [2.75, 3.05) is 13.1 Å².